The summed E-state index contributed by atoms with van der Waals surface area (Å²) in [7, 11) is 0. The summed E-state index contributed by atoms with van der Waals surface area (Å²) in [6.45, 7) is 1.03. The first-order chi connectivity index (χ1) is 2.43. The molecule has 0 aromatic carbocycles. The maximum absolute atomic E-state index is 4.87. The molecule has 1 fully saturated rings. The molecule has 0 amide bonds. The number of hydrogen-bond donors (Lipinski definition) is 0. The van der Waals surface area contributed by atoms with Gasteiger partial charge in [0, 0.05) is 0 Å². The first kappa shape index (κ1) is 3.70. The zero-order valence-corrected chi connectivity index (χ0v) is 5.40. The van der Waals surface area contributed by atoms with E-state index in [-0.39, 0.29) is 0 Å². The summed E-state index contributed by atoms with van der Waals surface area (Å²) in [5.74, 6) is 0. The van der Waals surface area contributed by atoms with E-state index in [1.54, 1.807) is 16.9 Å². The molecule has 1 aliphatic rings. The van der Waals surface area contributed by atoms with Crippen molar-refractivity contribution in [1.82, 2.24) is 0 Å². The third-order valence-electron chi connectivity index (χ3n) is 0.665. The standard InChI is InChI=1S/C3H7AsO/c4-1-3-2-5-3/h3H,1-2,4H2. The van der Waals surface area contributed by atoms with Gasteiger partial charge in [-0.3, -0.25) is 0 Å². The number of ether oxygens (including phenoxy) is 1. The second-order valence-corrected chi connectivity index (χ2v) is 2.18. The van der Waals surface area contributed by atoms with Crippen LogP contribution in [-0.4, -0.2) is 29.6 Å². The molecule has 5 heavy (non-hydrogen) atoms. The van der Waals surface area contributed by atoms with Crippen molar-refractivity contribution in [2.75, 3.05) is 6.61 Å². The topological polar surface area (TPSA) is 12.5 Å². The SMILES string of the molecule is [AsH2]CC1CO1. The van der Waals surface area contributed by atoms with E-state index in [1.807, 2.05) is 0 Å². The van der Waals surface area contributed by atoms with Crippen molar-refractivity contribution in [3.05, 3.63) is 0 Å². The predicted octanol–water partition coefficient (Wildman–Crippen LogP) is -0.563. The quantitative estimate of drug-likeness (QED) is 0.346. The van der Waals surface area contributed by atoms with Crippen molar-refractivity contribution in [3.63, 3.8) is 0 Å². The van der Waals surface area contributed by atoms with Crippen LogP contribution < -0.4 is 0 Å². The molecule has 1 saturated heterocycles. The molecule has 0 aliphatic carbocycles. The monoisotopic (exact) mass is 134 g/mol. The van der Waals surface area contributed by atoms with E-state index in [0.29, 0.717) is 6.10 Å². The van der Waals surface area contributed by atoms with Gasteiger partial charge in [-0.2, -0.15) is 0 Å². The summed E-state index contributed by atoms with van der Waals surface area (Å²) >= 11 is 1.77. The van der Waals surface area contributed by atoms with Gasteiger partial charge in [0.05, 0.1) is 0 Å². The molecular formula is C3H7AsO. The van der Waals surface area contributed by atoms with E-state index < -0.39 is 0 Å². The van der Waals surface area contributed by atoms with Gasteiger partial charge in [-0.05, 0) is 0 Å². The van der Waals surface area contributed by atoms with Crippen LogP contribution in [0.4, 0.5) is 0 Å². The normalized spacial score (nSPS) is 34.2. The minimum atomic E-state index is 0.662. The summed E-state index contributed by atoms with van der Waals surface area (Å²) in [5.41, 5.74) is 0. The van der Waals surface area contributed by atoms with Crippen LogP contribution in [-0.2, 0) is 4.74 Å². The van der Waals surface area contributed by atoms with Gasteiger partial charge in [0.1, 0.15) is 0 Å². The Morgan fingerprint density at radius 3 is 2.60 bits per heavy atom. The first-order valence-electron chi connectivity index (χ1n) is 1.75. The molecule has 1 aliphatic heterocycles. The Balaban J connectivity index is 2.00. The van der Waals surface area contributed by atoms with E-state index in [2.05, 4.69) is 0 Å². The molecule has 0 N–H and O–H groups in total. The van der Waals surface area contributed by atoms with Crippen molar-refractivity contribution < 1.29 is 4.74 Å². The molecule has 30 valence electrons. The van der Waals surface area contributed by atoms with E-state index >= 15 is 0 Å². The Hall–Kier alpha value is 0.518. The van der Waals surface area contributed by atoms with Gasteiger partial charge in [0.25, 0.3) is 0 Å². The third kappa shape index (κ3) is 0.941. The number of rotatable bonds is 1. The molecule has 0 bridgehead atoms. The molecule has 2 atom stereocenters. The third-order valence-corrected chi connectivity index (χ3v) is 1.77. The average molecular weight is 134 g/mol. The van der Waals surface area contributed by atoms with Crippen molar-refractivity contribution in [2.24, 2.45) is 0 Å². The van der Waals surface area contributed by atoms with Crippen LogP contribution in [0.25, 0.3) is 0 Å². The Kier molecular flexibility index (Phi) is 0.974. The van der Waals surface area contributed by atoms with Crippen molar-refractivity contribution in [1.29, 1.82) is 0 Å². The second kappa shape index (κ2) is 1.32. The van der Waals surface area contributed by atoms with Crippen molar-refractivity contribution in [3.8, 4) is 0 Å². The van der Waals surface area contributed by atoms with Crippen LogP contribution in [0.3, 0.4) is 0 Å². The summed E-state index contributed by atoms with van der Waals surface area (Å²) in [5, 5.41) is 1.26. The maximum atomic E-state index is 4.87. The first-order valence-corrected chi connectivity index (χ1v) is 3.46. The van der Waals surface area contributed by atoms with Crippen molar-refractivity contribution >= 4 is 16.9 Å². The summed E-state index contributed by atoms with van der Waals surface area (Å²) in [4.78, 5) is 0. The van der Waals surface area contributed by atoms with Crippen LogP contribution >= 0.6 is 0 Å². The van der Waals surface area contributed by atoms with E-state index in [0.717, 1.165) is 6.61 Å². The van der Waals surface area contributed by atoms with Gasteiger partial charge in [-0.1, -0.05) is 0 Å². The fourth-order valence-corrected chi connectivity index (χ4v) is 0.775. The molecule has 0 radical (unpaired) electrons. The van der Waals surface area contributed by atoms with E-state index in [9.17, 15) is 0 Å². The molecule has 0 saturated carbocycles. The fraction of sp³-hybridized carbons (Fsp3) is 1.00. The zero-order chi connectivity index (χ0) is 3.70. The molecule has 1 rings (SSSR count). The number of hydrogen-bond acceptors (Lipinski definition) is 1. The van der Waals surface area contributed by atoms with Crippen LogP contribution in [0.1, 0.15) is 0 Å². The van der Waals surface area contributed by atoms with E-state index in [4.69, 9.17) is 4.74 Å². The van der Waals surface area contributed by atoms with Crippen LogP contribution in [0, 0.1) is 0 Å². The fourth-order valence-electron chi connectivity index (χ4n) is 0.204. The molecule has 0 spiro atoms. The molecule has 2 unspecified atom stereocenters. The van der Waals surface area contributed by atoms with Gasteiger partial charge >= 0.3 is 39.5 Å². The summed E-state index contributed by atoms with van der Waals surface area (Å²) in [6.07, 6.45) is 0.662. The Morgan fingerprint density at radius 1 is 2.00 bits per heavy atom. The molecule has 0 aromatic heterocycles. The average Bonchev–Trinajstić information content (AvgIpc) is 2.12. The molecule has 0 aromatic rings. The van der Waals surface area contributed by atoms with Gasteiger partial charge in [0.2, 0.25) is 0 Å². The van der Waals surface area contributed by atoms with E-state index in [1.165, 1.54) is 5.21 Å². The van der Waals surface area contributed by atoms with Crippen LogP contribution in [0.5, 0.6) is 0 Å². The predicted molar refractivity (Wildman–Crippen MR) is 23.1 cm³/mol. The Bertz CT molecular complexity index is 33.9. The van der Waals surface area contributed by atoms with Gasteiger partial charge in [-0.25, -0.2) is 0 Å². The molecule has 1 heterocycles. The number of epoxide rings is 1. The minimum absolute atomic E-state index is 0.662. The van der Waals surface area contributed by atoms with Crippen molar-refractivity contribution in [2.45, 2.75) is 11.3 Å². The van der Waals surface area contributed by atoms with Gasteiger partial charge in [0.15, 0.2) is 0 Å². The summed E-state index contributed by atoms with van der Waals surface area (Å²) in [6, 6.07) is 0. The summed E-state index contributed by atoms with van der Waals surface area (Å²) < 4.78 is 4.87. The van der Waals surface area contributed by atoms with Gasteiger partial charge in [-0.15, -0.1) is 0 Å². The van der Waals surface area contributed by atoms with Crippen LogP contribution in [0.2, 0.25) is 5.21 Å². The second-order valence-electron chi connectivity index (χ2n) is 1.19. The molecular weight excluding hydrogens is 127 g/mol. The van der Waals surface area contributed by atoms with Gasteiger partial charge < -0.3 is 0 Å². The van der Waals surface area contributed by atoms with Crippen LogP contribution in [0.15, 0.2) is 0 Å². The molecule has 1 nitrogen and oxygen atoms in total. The Labute approximate surface area is 40.2 Å². The molecule has 2 heteroatoms. The Morgan fingerprint density at radius 2 is 2.60 bits per heavy atom. The zero-order valence-electron chi connectivity index (χ0n) is 2.98.